The lowest BCUT2D eigenvalue weighted by Gasteiger charge is -2.14. The van der Waals surface area contributed by atoms with Gasteiger partial charge in [0.15, 0.2) is 0 Å². The van der Waals surface area contributed by atoms with E-state index in [1.807, 2.05) is 0 Å². The Labute approximate surface area is 109 Å². The quantitative estimate of drug-likeness (QED) is 0.788. The summed E-state index contributed by atoms with van der Waals surface area (Å²) in [5.74, 6) is -1.22. The lowest BCUT2D eigenvalue weighted by Crippen LogP contribution is -2.43. The normalized spacial score (nSPS) is 16.1. The number of nitrogens with one attached hydrogen (secondary N) is 1. The summed E-state index contributed by atoms with van der Waals surface area (Å²) < 4.78 is 0. The molecule has 0 spiro atoms. The van der Waals surface area contributed by atoms with Gasteiger partial charge in [0.2, 0.25) is 5.91 Å². The van der Waals surface area contributed by atoms with Crippen molar-refractivity contribution in [3.63, 3.8) is 0 Å². The Morgan fingerprint density at radius 2 is 2.22 bits per heavy atom. The maximum atomic E-state index is 11.6. The number of carboxylic acids is 1. The molecule has 0 unspecified atom stereocenters. The molecule has 1 saturated carbocycles. The standard InChI is InChI=1S/C12H13ClN2O3/c13-10-4-1-7(6-14-10)5-9(12(17)18)15-11(16)8-2-3-8/h1,4,6,8-9H,2-3,5H2,(H,15,16)(H,17,18)/t9-/m0/s1. The van der Waals surface area contributed by atoms with Crippen molar-refractivity contribution in [1.82, 2.24) is 10.3 Å². The number of pyridine rings is 1. The molecule has 1 heterocycles. The Morgan fingerprint density at radius 1 is 1.50 bits per heavy atom. The maximum absolute atomic E-state index is 11.6. The molecule has 2 N–H and O–H groups in total. The highest BCUT2D eigenvalue weighted by molar-refractivity contribution is 6.29. The topological polar surface area (TPSA) is 79.3 Å². The summed E-state index contributed by atoms with van der Waals surface area (Å²) >= 11 is 5.65. The van der Waals surface area contributed by atoms with E-state index >= 15 is 0 Å². The fourth-order valence-electron chi connectivity index (χ4n) is 1.60. The monoisotopic (exact) mass is 268 g/mol. The molecule has 1 atom stereocenters. The van der Waals surface area contributed by atoms with Gasteiger partial charge in [0.25, 0.3) is 0 Å². The smallest absolute Gasteiger partial charge is 0.326 e. The van der Waals surface area contributed by atoms with E-state index in [-0.39, 0.29) is 18.2 Å². The predicted octanol–water partition coefficient (Wildman–Crippen LogP) is 1.26. The van der Waals surface area contributed by atoms with Crippen LogP contribution in [0.25, 0.3) is 0 Å². The van der Waals surface area contributed by atoms with Crippen LogP contribution in [0.1, 0.15) is 18.4 Å². The van der Waals surface area contributed by atoms with Crippen molar-refractivity contribution in [2.24, 2.45) is 5.92 Å². The van der Waals surface area contributed by atoms with E-state index in [0.29, 0.717) is 5.15 Å². The van der Waals surface area contributed by atoms with Gasteiger partial charge < -0.3 is 10.4 Å². The number of hydrogen-bond acceptors (Lipinski definition) is 3. The minimum Gasteiger partial charge on any atom is -0.480 e. The Balaban J connectivity index is 1.99. The van der Waals surface area contributed by atoms with E-state index in [1.165, 1.54) is 6.20 Å². The molecule has 0 bridgehead atoms. The molecule has 5 nitrogen and oxygen atoms in total. The van der Waals surface area contributed by atoms with Gasteiger partial charge in [-0.2, -0.15) is 0 Å². The molecule has 1 aliphatic rings. The zero-order chi connectivity index (χ0) is 13.1. The fraction of sp³-hybridized carbons (Fsp3) is 0.417. The largest absolute Gasteiger partial charge is 0.480 e. The molecule has 2 rings (SSSR count). The van der Waals surface area contributed by atoms with E-state index < -0.39 is 12.0 Å². The van der Waals surface area contributed by atoms with Crippen molar-refractivity contribution in [1.29, 1.82) is 0 Å². The van der Waals surface area contributed by atoms with Crippen molar-refractivity contribution < 1.29 is 14.7 Å². The van der Waals surface area contributed by atoms with Crippen LogP contribution in [0.15, 0.2) is 18.3 Å². The first kappa shape index (κ1) is 12.8. The lowest BCUT2D eigenvalue weighted by molar-refractivity contribution is -0.142. The van der Waals surface area contributed by atoms with Crippen LogP contribution >= 0.6 is 11.6 Å². The van der Waals surface area contributed by atoms with Crippen LogP contribution in [0.4, 0.5) is 0 Å². The van der Waals surface area contributed by atoms with Crippen molar-refractivity contribution >= 4 is 23.5 Å². The van der Waals surface area contributed by atoms with Gasteiger partial charge in [0.1, 0.15) is 11.2 Å². The van der Waals surface area contributed by atoms with Crippen molar-refractivity contribution in [3.05, 3.63) is 29.0 Å². The van der Waals surface area contributed by atoms with Crippen LogP contribution < -0.4 is 5.32 Å². The number of nitrogens with zero attached hydrogens (tertiary/aromatic N) is 1. The summed E-state index contributed by atoms with van der Waals surface area (Å²) in [5, 5.41) is 12.0. The molecule has 0 radical (unpaired) electrons. The van der Waals surface area contributed by atoms with Crippen LogP contribution in [0, 0.1) is 5.92 Å². The summed E-state index contributed by atoms with van der Waals surface area (Å²) in [6.45, 7) is 0. The average Bonchev–Trinajstić information content (AvgIpc) is 3.14. The zero-order valence-corrected chi connectivity index (χ0v) is 10.4. The molecule has 6 heteroatoms. The first-order valence-corrected chi connectivity index (χ1v) is 6.07. The third-order valence-electron chi connectivity index (χ3n) is 2.79. The highest BCUT2D eigenvalue weighted by atomic mass is 35.5. The molecular formula is C12H13ClN2O3. The molecule has 96 valence electrons. The van der Waals surface area contributed by atoms with E-state index in [0.717, 1.165) is 18.4 Å². The molecule has 1 aromatic rings. The summed E-state index contributed by atoms with van der Waals surface area (Å²) in [6, 6.07) is 2.38. The molecule has 0 saturated heterocycles. The average molecular weight is 269 g/mol. The summed E-state index contributed by atoms with van der Waals surface area (Å²) in [6.07, 6.45) is 3.42. The molecule has 1 aliphatic carbocycles. The number of carbonyl (C=O) groups is 2. The third kappa shape index (κ3) is 3.43. The van der Waals surface area contributed by atoms with Crippen LogP contribution in [0.2, 0.25) is 5.15 Å². The Kier molecular flexibility index (Phi) is 3.81. The molecule has 1 aromatic heterocycles. The minimum absolute atomic E-state index is 0.00445. The molecule has 0 aromatic carbocycles. The first-order valence-electron chi connectivity index (χ1n) is 5.70. The van der Waals surface area contributed by atoms with Crippen LogP contribution in [-0.2, 0) is 16.0 Å². The van der Waals surface area contributed by atoms with Gasteiger partial charge in [-0.1, -0.05) is 17.7 Å². The Hall–Kier alpha value is -1.62. The van der Waals surface area contributed by atoms with E-state index in [9.17, 15) is 9.59 Å². The van der Waals surface area contributed by atoms with Gasteiger partial charge in [0, 0.05) is 18.5 Å². The van der Waals surface area contributed by atoms with Crippen molar-refractivity contribution in [2.45, 2.75) is 25.3 Å². The molecule has 18 heavy (non-hydrogen) atoms. The van der Waals surface area contributed by atoms with E-state index in [4.69, 9.17) is 16.7 Å². The number of hydrogen-bond donors (Lipinski definition) is 2. The second-order valence-electron chi connectivity index (χ2n) is 4.37. The first-order chi connectivity index (χ1) is 8.56. The minimum atomic E-state index is -1.04. The number of amides is 1. The van der Waals surface area contributed by atoms with Crippen molar-refractivity contribution in [2.75, 3.05) is 0 Å². The predicted molar refractivity (Wildman–Crippen MR) is 65.2 cm³/mol. The van der Waals surface area contributed by atoms with Crippen LogP contribution in [0.3, 0.4) is 0 Å². The number of halogens is 1. The molecule has 1 fully saturated rings. The second-order valence-corrected chi connectivity index (χ2v) is 4.75. The van der Waals surface area contributed by atoms with Crippen LogP contribution in [0.5, 0.6) is 0 Å². The SMILES string of the molecule is O=C(N[C@@H](Cc1ccc(Cl)nc1)C(=O)O)C1CC1. The number of carbonyl (C=O) groups excluding carboxylic acids is 1. The van der Waals surface area contributed by atoms with Gasteiger partial charge in [-0.15, -0.1) is 0 Å². The summed E-state index contributed by atoms with van der Waals surface area (Å²) in [4.78, 5) is 26.5. The van der Waals surface area contributed by atoms with Crippen molar-refractivity contribution in [3.8, 4) is 0 Å². The third-order valence-corrected chi connectivity index (χ3v) is 3.01. The number of rotatable bonds is 5. The van der Waals surface area contributed by atoms with Gasteiger partial charge >= 0.3 is 5.97 Å². The van der Waals surface area contributed by atoms with E-state index in [2.05, 4.69) is 10.3 Å². The zero-order valence-electron chi connectivity index (χ0n) is 9.60. The Morgan fingerprint density at radius 3 is 2.72 bits per heavy atom. The number of carboxylic acid groups (broad SMARTS) is 1. The van der Waals surface area contributed by atoms with E-state index in [1.54, 1.807) is 12.1 Å². The molecular weight excluding hydrogens is 256 g/mol. The Bertz CT molecular complexity index is 457. The van der Waals surface area contributed by atoms with Gasteiger partial charge in [-0.3, -0.25) is 4.79 Å². The molecule has 0 aliphatic heterocycles. The second kappa shape index (κ2) is 5.35. The lowest BCUT2D eigenvalue weighted by atomic mass is 10.1. The number of aromatic nitrogens is 1. The number of aliphatic carboxylic acids is 1. The highest BCUT2D eigenvalue weighted by Gasteiger charge is 2.32. The maximum Gasteiger partial charge on any atom is 0.326 e. The van der Waals surface area contributed by atoms with Gasteiger partial charge in [-0.05, 0) is 24.5 Å². The van der Waals surface area contributed by atoms with Gasteiger partial charge in [0.05, 0.1) is 0 Å². The fourth-order valence-corrected chi connectivity index (χ4v) is 1.71. The summed E-state index contributed by atoms with van der Waals surface area (Å²) in [7, 11) is 0. The highest BCUT2D eigenvalue weighted by Crippen LogP contribution is 2.29. The van der Waals surface area contributed by atoms with Gasteiger partial charge in [-0.25, -0.2) is 9.78 Å². The van der Waals surface area contributed by atoms with Crippen LogP contribution in [-0.4, -0.2) is 28.0 Å². The molecule has 1 amide bonds. The summed E-state index contributed by atoms with van der Waals surface area (Å²) in [5.41, 5.74) is 0.725.